The number of aromatic amines is 1. The van der Waals surface area contributed by atoms with Crippen molar-refractivity contribution >= 4 is 17.2 Å². The Morgan fingerprint density at radius 1 is 1.26 bits per heavy atom. The molecule has 19 heavy (non-hydrogen) atoms. The molecule has 100 valence electrons. The Labute approximate surface area is 118 Å². The maximum Gasteiger partial charge on any atom is 0.274 e. The summed E-state index contributed by atoms with van der Waals surface area (Å²) in [5, 5.41) is 2.21. The number of nitrogens with zero attached hydrogens (tertiary/aromatic N) is 1. The predicted octanol–water partition coefficient (Wildman–Crippen LogP) is 0.776. The van der Waals surface area contributed by atoms with Gasteiger partial charge in [0.05, 0.1) is 11.1 Å². The molecule has 1 aliphatic heterocycles. The summed E-state index contributed by atoms with van der Waals surface area (Å²) in [6, 6.07) is 8.52. The number of quaternary nitrogens is 1. The van der Waals surface area contributed by atoms with Gasteiger partial charge in [-0.2, -0.15) is 0 Å². The Morgan fingerprint density at radius 2 is 2.11 bits per heavy atom. The maximum atomic E-state index is 3.33. The molecule has 3 heterocycles. The number of anilines is 1. The van der Waals surface area contributed by atoms with Crippen molar-refractivity contribution in [2.45, 2.75) is 13.5 Å². The molecule has 0 bridgehead atoms. The third-order valence-electron chi connectivity index (χ3n) is 3.88. The van der Waals surface area contributed by atoms with Crippen LogP contribution in [0.2, 0.25) is 0 Å². The molecule has 1 fully saturated rings. The lowest BCUT2D eigenvalue weighted by molar-refractivity contribution is -0.914. The SMILES string of the molecule is Cc1ccsc1C[NH+]1CCN(c2cccc[nH+]2)CC1. The summed E-state index contributed by atoms with van der Waals surface area (Å²) in [7, 11) is 0. The molecule has 0 amide bonds. The van der Waals surface area contributed by atoms with Crippen LogP contribution in [0.3, 0.4) is 0 Å². The predicted molar refractivity (Wildman–Crippen MR) is 78.7 cm³/mol. The molecule has 0 saturated carbocycles. The van der Waals surface area contributed by atoms with Gasteiger partial charge in [0, 0.05) is 6.07 Å². The molecule has 0 atom stereocenters. The first-order valence-corrected chi connectivity index (χ1v) is 7.79. The van der Waals surface area contributed by atoms with Crippen molar-refractivity contribution in [2.75, 3.05) is 31.1 Å². The van der Waals surface area contributed by atoms with Crippen molar-refractivity contribution < 1.29 is 9.88 Å². The van der Waals surface area contributed by atoms with Gasteiger partial charge in [0.1, 0.15) is 32.7 Å². The highest BCUT2D eigenvalue weighted by Gasteiger charge is 2.26. The molecular formula is C15H21N3S+2. The second-order valence-electron chi connectivity index (χ2n) is 5.19. The number of hydrogen-bond donors (Lipinski definition) is 1. The fraction of sp³-hybridized carbons (Fsp3) is 0.400. The summed E-state index contributed by atoms with van der Waals surface area (Å²) >= 11 is 1.90. The zero-order valence-corrected chi connectivity index (χ0v) is 12.2. The second-order valence-corrected chi connectivity index (χ2v) is 6.19. The van der Waals surface area contributed by atoms with E-state index in [1.165, 1.54) is 31.0 Å². The number of aromatic nitrogens is 1. The number of H-pyrrole nitrogens is 1. The molecule has 2 aromatic rings. The zero-order valence-electron chi connectivity index (χ0n) is 11.4. The fourth-order valence-electron chi connectivity index (χ4n) is 2.63. The summed E-state index contributed by atoms with van der Waals surface area (Å²) in [4.78, 5) is 9.03. The van der Waals surface area contributed by atoms with E-state index in [1.807, 2.05) is 23.6 Å². The van der Waals surface area contributed by atoms with Crippen LogP contribution in [0.1, 0.15) is 10.4 Å². The van der Waals surface area contributed by atoms with Crippen molar-refractivity contribution in [1.82, 2.24) is 0 Å². The van der Waals surface area contributed by atoms with E-state index in [2.05, 4.69) is 40.4 Å². The number of piperazine rings is 1. The lowest BCUT2D eigenvalue weighted by Crippen LogP contribution is -3.13. The largest absolute Gasteiger partial charge is 0.324 e. The van der Waals surface area contributed by atoms with Gasteiger partial charge < -0.3 is 4.90 Å². The van der Waals surface area contributed by atoms with Crippen LogP contribution in [-0.4, -0.2) is 26.2 Å². The van der Waals surface area contributed by atoms with Gasteiger partial charge in [-0.05, 0) is 30.0 Å². The van der Waals surface area contributed by atoms with Gasteiger partial charge in [-0.25, -0.2) is 4.98 Å². The molecule has 0 spiro atoms. The molecule has 3 rings (SSSR count). The van der Waals surface area contributed by atoms with Crippen LogP contribution in [-0.2, 0) is 6.54 Å². The molecule has 0 aliphatic carbocycles. The van der Waals surface area contributed by atoms with Crippen molar-refractivity contribution in [3.63, 3.8) is 0 Å². The lowest BCUT2D eigenvalue weighted by Gasteiger charge is -2.28. The summed E-state index contributed by atoms with van der Waals surface area (Å²) < 4.78 is 0. The van der Waals surface area contributed by atoms with Crippen LogP contribution in [0.4, 0.5) is 5.82 Å². The summed E-state index contributed by atoms with van der Waals surface area (Å²) in [6.07, 6.45) is 2.00. The van der Waals surface area contributed by atoms with Gasteiger partial charge in [0.25, 0.3) is 5.82 Å². The van der Waals surface area contributed by atoms with E-state index in [9.17, 15) is 0 Å². The van der Waals surface area contributed by atoms with Crippen molar-refractivity contribution in [1.29, 1.82) is 0 Å². The van der Waals surface area contributed by atoms with Crippen molar-refractivity contribution in [3.05, 3.63) is 46.3 Å². The van der Waals surface area contributed by atoms with Crippen LogP contribution in [0.25, 0.3) is 0 Å². The average molecular weight is 275 g/mol. The van der Waals surface area contributed by atoms with E-state index in [0.717, 1.165) is 13.1 Å². The number of thiophene rings is 1. The van der Waals surface area contributed by atoms with Gasteiger partial charge in [0.15, 0.2) is 0 Å². The van der Waals surface area contributed by atoms with Crippen LogP contribution in [0.5, 0.6) is 0 Å². The highest BCUT2D eigenvalue weighted by molar-refractivity contribution is 7.10. The lowest BCUT2D eigenvalue weighted by atomic mass is 10.2. The van der Waals surface area contributed by atoms with Gasteiger partial charge in [0.2, 0.25) is 0 Å². The van der Waals surface area contributed by atoms with Gasteiger partial charge in [-0.1, -0.05) is 6.07 Å². The molecule has 2 N–H and O–H groups in total. The van der Waals surface area contributed by atoms with Gasteiger partial charge >= 0.3 is 0 Å². The minimum absolute atomic E-state index is 1.14. The van der Waals surface area contributed by atoms with Gasteiger partial charge in [-0.3, -0.25) is 4.90 Å². The minimum Gasteiger partial charge on any atom is -0.324 e. The Balaban J connectivity index is 1.57. The molecule has 0 unspecified atom stereocenters. The molecule has 1 aliphatic rings. The Morgan fingerprint density at radius 3 is 2.74 bits per heavy atom. The maximum absolute atomic E-state index is 3.33. The average Bonchev–Trinajstić information content (AvgIpc) is 2.86. The van der Waals surface area contributed by atoms with E-state index in [0.29, 0.717) is 0 Å². The van der Waals surface area contributed by atoms with E-state index < -0.39 is 0 Å². The topological polar surface area (TPSA) is 21.8 Å². The van der Waals surface area contributed by atoms with E-state index in [-0.39, 0.29) is 0 Å². The van der Waals surface area contributed by atoms with Crippen molar-refractivity contribution in [3.8, 4) is 0 Å². The first kappa shape index (κ1) is 12.6. The third-order valence-corrected chi connectivity index (χ3v) is 4.91. The Hall–Kier alpha value is -1.39. The first-order valence-electron chi connectivity index (χ1n) is 6.91. The Kier molecular flexibility index (Phi) is 3.80. The zero-order chi connectivity index (χ0) is 13.1. The van der Waals surface area contributed by atoms with E-state index in [4.69, 9.17) is 0 Å². The monoisotopic (exact) mass is 275 g/mol. The van der Waals surface area contributed by atoms with Gasteiger partial charge in [-0.15, -0.1) is 11.3 Å². The Bertz CT molecular complexity index is 515. The van der Waals surface area contributed by atoms with Crippen LogP contribution < -0.4 is 14.8 Å². The number of aryl methyl sites for hydroxylation is 1. The molecule has 4 heteroatoms. The summed E-state index contributed by atoms with van der Waals surface area (Å²) in [5.41, 5.74) is 1.45. The minimum atomic E-state index is 1.14. The summed E-state index contributed by atoms with van der Waals surface area (Å²) in [5.74, 6) is 1.24. The van der Waals surface area contributed by atoms with Crippen LogP contribution in [0.15, 0.2) is 35.8 Å². The number of pyridine rings is 1. The van der Waals surface area contributed by atoms with Crippen molar-refractivity contribution in [2.24, 2.45) is 0 Å². The normalized spacial score (nSPS) is 16.8. The molecular weight excluding hydrogens is 254 g/mol. The highest BCUT2D eigenvalue weighted by Crippen LogP contribution is 2.14. The molecule has 0 aromatic carbocycles. The first-order chi connectivity index (χ1) is 9.33. The molecule has 1 saturated heterocycles. The van der Waals surface area contributed by atoms with Crippen LogP contribution >= 0.6 is 11.3 Å². The van der Waals surface area contributed by atoms with E-state index >= 15 is 0 Å². The fourth-order valence-corrected chi connectivity index (χ4v) is 3.61. The quantitative estimate of drug-likeness (QED) is 0.878. The van der Waals surface area contributed by atoms with Crippen LogP contribution in [0, 0.1) is 6.92 Å². The number of rotatable bonds is 3. The summed E-state index contributed by atoms with van der Waals surface area (Å²) in [6.45, 7) is 8.14. The molecule has 0 radical (unpaired) electrons. The number of hydrogen-bond acceptors (Lipinski definition) is 2. The number of nitrogens with one attached hydrogen (secondary N) is 2. The second kappa shape index (κ2) is 5.72. The highest BCUT2D eigenvalue weighted by atomic mass is 32.1. The molecule has 2 aromatic heterocycles. The molecule has 3 nitrogen and oxygen atoms in total. The third kappa shape index (κ3) is 2.96. The standard InChI is InChI=1S/C15H19N3S/c1-13-5-11-19-14(13)12-17-7-9-18(10-8-17)15-4-2-3-6-16-15/h2-6,11H,7-10,12H2,1H3/p+2. The van der Waals surface area contributed by atoms with E-state index in [1.54, 1.807) is 9.78 Å². The smallest absolute Gasteiger partial charge is 0.274 e.